The first-order chi connectivity index (χ1) is 3.86. The van der Waals surface area contributed by atoms with Crippen molar-refractivity contribution in [3.63, 3.8) is 0 Å². The van der Waals surface area contributed by atoms with E-state index in [0.29, 0.717) is 0 Å². The van der Waals surface area contributed by atoms with E-state index in [1.165, 1.54) is 6.42 Å². The maximum absolute atomic E-state index is 2.36. The summed E-state index contributed by atoms with van der Waals surface area (Å²) in [7, 11) is 0. The highest BCUT2D eigenvalue weighted by molar-refractivity contribution is 8.01. The van der Waals surface area contributed by atoms with E-state index in [0.717, 1.165) is 16.4 Å². The van der Waals surface area contributed by atoms with Crippen molar-refractivity contribution in [3.8, 4) is 0 Å². The number of hydrogen-bond donors (Lipinski definition) is 0. The molecule has 0 spiro atoms. The summed E-state index contributed by atoms with van der Waals surface area (Å²) in [5.41, 5.74) is 0. The zero-order valence-corrected chi connectivity index (χ0v) is 5.82. The predicted octanol–water partition coefficient (Wildman–Crippen LogP) is 2.07. The first kappa shape index (κ1) is 4.92. The van der Waals surface area contributed by atoms with E-state index >= 15 is 0 Å². The van der Waals surface area contributed by atoms with Gasteiger partial charge in [0, 0.05) is 10.5 Å². The van der Waals surface area contributed by atoms with Crippen LogP contribution in [0.3, 0.4) is 0 Å². The van der Waals surface area contributed by atoms with Crippen LogP contribution >= 0.6 is 11.8 Å². The zero-order chi connectivity index (χ0) is 5.56. The fourth-order valence-corrected chi connectivity index (χ4v) is 3.05. The molecule has 3 atom stereocenters. The second-order valence-corrected chi connectivity index (χ2v) is 4.16. The molecule has 0 aromatic rings. The summed E-state index contributed by atoms with van der Waals surface area (Å²) in [6.45, 7) is 2.35. The molecule has 0 saturated carbocycles. The normalized spacial score (nSPS) is 50.9. The molecule has 2 heterocycles. The Morgan fingerprint density at radius 1 is 1.50 bits per heavy atom. The molecule has 3 unspecified atom stereocenters. The van der Waals surface area contributed by atoms with Gasteiger partial charge in [-0.05, 0) is 12.3 Å². The molecule has 2 rings (SSSR count). The molecule has 44 valence electrons. The second-order valence-electron chi connectivity index (χ2n) is 2.74. The molecule has 2 aliphatic heterocycles. The highest BCUT2D eigenvalue weighted by Gasteiger charge is 2.32. The lowest BCUT2D eigenvalue weighted by Gasteiger charge is -2.07. The Balaban J connectivity index is 2.23. The molecule has 0 aromatic heterocycles. The van der Waals surface area contributed by atoms with Crippen molar-refractivity contribution < 1.29 is 0 Å². The third kappa shape index (κ3) is 0.540. The summed E-state index contributed by atoms with van der Waals surface area (Å²) in [5.74, 6) is 0.954. The van der Waals surface area contributed by atoms with Crippen molar-refractivity contribution >= 4 is 11.8 Å². The Kier molecular flexibility index (Phi) is 0.944. The average molecular weight is 126 g/mol. The van der Waals surface area contributed by atoms with E-state index < -0.39 is 0 Å². The van der Waals surface area contributed by atoms with Crippen LogP contribution in [0, 0.1) is 5.92 Å². The van der Waals surface area contributed by atoms with Crippen LogP contribution in [-0.4, -0.2) is 10.5 Å². The van der Waals surface area contributed by atoms with Crippen LogP contribution in [0.1, 0.15) is 13.3 Å². The molecule has 0 aliphatic carbocycles. The van der Waals surface area contributed by atoms with E-state index in [1.54, 1.807) is 0 Å². The maximum Gasteiger partial charge on any atom is 0.0259 e. The van der Waals surface area contributed by atoms with E-state index in [2.05, 4.69) is 30.8 Å². The first-order valence-corrected chi connectivity index (χ1v) is 4.14. The molecular weight excluding hydrogens is 116 g/mol. The average Bonchev–Trinajstić information content (AvgIpc) is 2.23. The lowest BCUT2D eigenvalue weighted by molar-refractivity contribution is 0.579. The lowest BCUT2D eigenvalue weighted by Crippen LogP contribution is -2.05. The Hall–Kier alpha value is 0.0900. The van der Waals surface area contributed by atoms with E-state index in [9.17, 15) is 0 Å². The van der Waals surface area contributed by atoms with Crippen LogP contribution < -0.4 is 0 Å². The van der Waals surface area contributed by atoms with Crippen LogP contribution in [0.2, 0.25) is 0 Å². The van der Waals surface area contributed by atoms with Crippen LogP contribution in [0.15, 0.2) is 12.2 Å². The van der Waals surface area contributed by atoms with Crippen LogP contribution in [0.4, 0.5) is 0 Å². The SMILES string of the molecule is CC1CC2C=CC1S2. The van der Waals surface area contributed by atoms with Gasteiger partial charge in [-0.15, -0.1) is 11.8 Å². The minimum absolute atomic E-state index is 0.875. The summed E-state index contributed by atoms with van der Waals surface area (Å²) in [5, 5.41) is 1.76. The third-order valence-electron chi connectivity index (χ3n) is 2.01. The number of thioether (sulfide) groups is 1. The van der Waals surface area contributed by atoms with Crippen molar-refractivity contribution in [1.29, 1.82) is 0 Å². The van der Waals surface area contributed by atoms with Gasteiger partial charge in [0.1, 0.15) is 0 Å². The quantitative estimate of drug-likeness (QED) is 0.448. The van der Waals surface area contributed by atoms with Crippen molar-refractivity contribution in [2.45, 2.75) is 23.8 Å². The van der Waals surface area contributed by atoms with Gasteiger partial charge < -0.3 is 0 Å². The van der Waals surface area contributed by atoms with E-state index in [-0.39, 0.29) is 0 Å². The first-order valence-electron chi connectivity index (χ1n) is 3.20. The summed E-state index contributed by atoms with van der Waals surface area (Å²) < 4.78 is 0. The summed E-state index contributed by atoms with van der Waals surface area (Å²) in [6, 6.07) is 0. The van der Waals surface area contributed by atoms with Crippen molar-refractivity contribution in [3.05, 3.63) is 12.2 Å². The van der Waals surface area contributed by atoms with E-state index in [4.69, 9.17) is 0 Å². The second kappa shape index (κ2) is 1.53. The fourth-order valence-electron chi connectivity index (χ4n) is 1.48. The lowest BCUT2D eigenvalue weighted by atomic mass is 9.97. The molecule has 1 saturated heterocycles. The summed E-state index contributed by atoms with van der Waals surface area (Å²) >= 11 is 2.13. The molecular formula is C7H10S. The molecule has 0 amide bonds. The largest absolute Gasteiger partial charge is 0.147 e. The monoisotopic (exact) mass is 126 g/mol. The van der Waals surface area contributed by atoms with Crippen LogP contribution in [0.25, 0.3) is 0 Å². The van der Waals surface area contributed by atoms with Gasteiger partial charge in [-0.1, -0.05) is 19.1 Å². The van der Waals surface area contributed by atoms with Gasteiger partial charge in [0.25, 0.3) is 0 Å². The van der Waals surface area contributed by atoms with Gasteiger partial charge in [0.05, 0.1) is 0 Å². The molecule has 0 N–H and O–H groups in total. The standard InChI is InChI=1S/C7H10S/c1-5-4-6-2-3-7(5)8-6/h2-3,5-7H,4H2,1H3. The fraction of sp³-hybridized carbons (Fsp3) is 0.714. The molecule has 0 radical (unpaired) electrons. The minimum atomic E-state index is 0.875. The molecule has 8 heavy (non-hydrogen) atoms. The molecule has 1 heteroatoms. The van der Waals surface area contributed by atoms with Gasteiger partial charge in [0.2, 0.25) is 0 Å². The Morgan fingerprint density at radius 3 is 2.62 bits per heavy atom. The van der Waals surface area contributed by atoms with Gasteiger partial charge >= 0.3 is 0 Å². The molecule has 2 bridgehead atoms. The Labute approximate surface area is 54.4 Å². The van der Waals surface area contributed by atoms with Gasteiger partial charge in [-0.3, -0.25) is 0 Å². The van der Waals surface area contributed by atoms with Gasteiger partial charge in [-0.2, -0.15) is 0 Å². The molecule has 2 aliphatic rings. The highest BCUT2D eigenvalue weighted by atomic mass is 32.2. The van der Waals surface area contributed by atoms with Crippen molar-refractivity contribution in [2.24, 2.45) is 5.92 Å². The van der Waals surface area contributed by atoms with Gasteiger partial charge in [0.15, 0.2) is 0 Å². The third-order valence-corrected chi connectivity index (χ3v) is 3.65. The topological polar surface area (TPSA) is 0 Å². The maximum atomic E-state index is 2.36. The minimum Gasteiger partial charge on any atom is -0.147 e. The Morgan fingerprint density at radius 2 is 2.38 bits per heavy atom. The smallest absolute Gasteiger partial charge is 0.0259 e. The van der Waals surface area contributed by atoms with Crippen LogP contribution in [0.5, 0.6) is 0 Å². The molecule has 0 nitrogen and oxygen atoms in total. The van der Waals surface area contributed by atoms with E-state index in [1.807, 2.05) is 0 Å². The highest BCUT2D eigenvalue weighted by Crippen LogP contribution is 2.44. The number of rotatable bonds is 0. The van der Waals surface area contributed by atoms with Crippen molar-refractivity contribution in [2.75, 3.05) is 0 Å². The molecule has 1 fully saturated rings. The Bertz CT molecular complexity index is 128. The van der Waals surface area contributed by atoms with Crippen molar-refractivity contribution in [1.82, 2.24) is 0 Å². The number of hydrogen-bond acceptors (Lipinski definition) is 1. The number of fused-ring (bicyclic) bond motifs is 2. The summed E-state index contributed by atoms with van der Waals surface area (Å²) in [6.07, 6.45) is 6.14. The molecule has 0 aromatic carbocycles. The zero-order valence-electron chi connectivity index (χ0n) is 5.00. The van der Waals surface area contributed by atoms with Crippen LogP contribution in [-0.2, 0) is 0 Å². The predicted molar refractivity (Wildman–Crippen MR) is 38.1 cm³/mol. The summed E-state index contributed by atoms with van der Waals surface area (Å²) in [4.78, 5) is 0. The van der Waals surface area contributed by atoms with Gasteiger partial charge in [-0.25, -0.2) is 0 Å².